The van der Waals surface area contributed by atoms with Gasteiger partial charge in [0.15, 0.2) is 0 Å². The highest BCUT2D eigenvalue weighted by atomic mass is 19.3. The number of halogens is 2. The standard InChI is InChI=1S/C11H20F2/c1-4-9-5-6-11(12,13)7-10(9)8(2)3/h8-10H,4-7H2,1-3H3. The second-order valence-electron chi connectivity index (χ2n) is 4.67. The third kappa shape index (κ3) is 2.65. The highest BCUT2D eigenvalue weighted by molar-refractivity contribution is 4.85. The Kier molecular flexibility index (Phi) is 3.31. The van der Waals surface area contributed by atoms with Gasteiger partial charge in [-0.1, -0.05) is 27.2 Å². The van der Waals surface area contributed by atoms with Crippen molar-refractivity contribution in [2.75, 3.05) is 0 Å². The maximum atomic E-state index is 13.1. The molecule has 0 N–H and O–H groups in total. The highest BCUT2D eigenvalue weighted by Crippen LogP contribution is 2.44. The van der Waals surface area contributed by atoms with E-state index in [1.54, 1.807) is 0 Å². The Morgan fingerprint density at radius 3 is 2.46 bits per heavy atom. The molecule has 2 heteroatoms. The van der Waals surface area contributed by atoms with Crippen molar-refractivity contribution in [2.24, 2.45) is 17.8 Å². The van der Waals surface area contributed by atoms with Crippen LogP contribution < -0.4 is 0 Å². The van der Waals surface area contributed by atoms with E-state index in [4.69, 9.17) is 0 Å². The second kappa shape index (κ2) is 3.93. The summed E-state index contributed by atoms with van der Waals surface area (Å²) in [6, 6.07) is 0. The molecule has 0 aliphatic heterocycles. The first-order valence-electron chi connectivity index (χ1n) is 5.34. The molecule has 0 aromatic rings. The lowest BCUT2D eigenvalue weighted by molar-refractivity contribution is -0.0788. The van der Waals surface area contributed by atoms with Gasteiger partial charge in [-0.15, -0.1) is 0 Å². The van der Waals surface area contributed by atoms with E-state index in [1.807, 2.05) is 0 Å². The van der Waals surface area contributed by atoms with Gasteiger partial charge >= 0.3 is 0 Å². The molecule has 0 aromatic carbocycles. The van der Waals surface area contributed by atoms with Crippen molar-refractivity contribution >= 4 is 0 Å². The van der Waals surface area contributed by atoms with Gasteiger partial charge in [-0.25, -0.2) is 8.78 Å². The minimum absolute atomic E-state index is 0.106. The lowest BCUT2D eigenvalue weighted by Crippen LogP contribution is -2.34. The van der Waals surface area contributed by atoms with Crippen LogP contribution in [0.1, 0.15) is 46.5 Å². The Bertz CT molecular complexity index is 163. The van der Waals surface area contributed by atoms with Crippen LogP contribution in [-0.4, -0.2) is 5.92 Å². The summed E-state index contributed by atoms with van der Waals surface area (Å²) in [5.41, 5.74) is 0. The Morgan fingerprint density at radius 2 is 2.00 bits per heavy atom. The maximum Gasteiger partial charge on any atom is 0.248 e. The fourth-order valence-electron chi connectivity index (χ4n) is 2.51. The largest absolute Gasteiger partial charge is 0.248 e. The average molecular weight is 190 g/mol. The summed E-state index contributed by atoms with van der Waals surface area (Å²) in [4.78, 5) is 0. The molecule has 0 amide bonds. The van der Waals surface area contributed by atoms with Gasteiger partial charge in [-0.3, -0.25) is 0 Å². The minimum atomic E-state index is -2.39. The van der Waals surface area contributed by atoms with E-state index in [2.05, 4.69) is 20.8 Å². The van der Waals surface area contributed by atoms with Crippen LogP contribution >= 0.6 is 0 Å². The molecule has 2 unspecified atom stereocenters. The van der Waals surface area contributed by atoms with Crippen LogP contribution in [0.25, 0.3) is 0 Å². The molecule has 1 aliphatic rings. The van der Waals surface area contributed by atoms with E-state index in [1.165, 1.54) is 0 Å². The van der Waals surface area contributed by atoms with Crippen molar-refractivity contribution in [3.8, 4) is 0 Å². The van der Waals surface area contributed by atoms with Gasteiger partial charge in [-0.05, 0) is 24.2 Å². The quantitative estimate of drug-likeness (QED) is 0.615. The lowest BCUT2D eigenvalue weighted by Gasteiger charge is -2.38. The van der Waals surface area contributed by atoms with Gasteiger partial charge in [-0.2, -0.15) is 0 Å². The summed E-state index contributed by atoms with van der Waals surface area (Å²) < 4.78 is 26.2. The monoisotopic (exact) mass is 190 g/mol. The summed E-state index contributed by atoms with van der Waals surface area (Å²) in [5, 5.41) is 0. The van der Waals surface area contributed by atoms with Crippen molar-refractivity contribution < 1.29 is 8.78 Å². The first-order valence-corrected chi connectivity index (χ1v) is 5.34. The molecule has 0 nitrogen and oxygen atoms in total. The predicted octanol–water partition coefficient (Wildman–Crippen LogP) is 4.10. The fraction of sp³-hybridized carbons (Fsp3) is 1.00. The van der Waals surface area contributed by atoms with Gasteiger partial charge in [0.2, 0.25) is 5.92 Å². The summed E-state index contributed by atoms with van der Waals surface area (Å²) in [5.74, 6) is -1.23. The molecule has 1 fully saturated rings. The number of rotatable bonds is 2. The normalized spacial score (nSPS) is 33.7. The topological polar surface area (TPSA) is 0 Å². The maximum absolute atomic E-state index is 13.1. The fourth-order valence-corrected chi connectivity index (χ4v) is 2.51. The van der Waals surface area contributed by atoms with Crippen LogP contribution in [0.2, 0.25) is 0 Å². The summed E-state index contributed by atoms with van der Waals surface area (Å²) in [7, 11) is 0. The minimum Gasteiger partial charge on any atom is -0.207 e. The van der Waals surface area contributed by atoms with Crippen LogP contribution in [0.15, 0.2) is 0 Å². The molecule has 78 valence electrons. The lowest BCUT2D eigenvalue weighted by atomic mass is 9.71. The Labute approximate surface area is 79.7 Å². The number of alkyl halides is 2. The SMILES string of the molecule is CCC1CCC(F)(F)CC1C(C)C. The van der Waals surface area contributed by atoms with E-state index < -0.39 is 5.92 Å². The van der Waals surface area contributed by atoms with Crippen molar-refractivity contribution in [3.63, 3.8) is 0 Å². The van der Waals surface area contributed by atoms with Crippen LogP contribution in [0.5, 0.6) is 0 Å². The first kappa shape index (κ1) is 10.9. The number of hydrogen-bond donors (Lipinski definition) is 0. The zero-order valence-electron chi connectivity index (χ0n) is 8.82. The molecule has 0 radical (unpaired) electrons. The van der Waals surface area contributed by atoms with Gasteiger partial charge < -0.3 is 0 Å². The van der Waals surface area contributed by atoms with Crippen LogP contribution in [0, 0.1) is 17.8 Å². The van der Waals surface area contributed by atoms with Crippen LogP contribution in [-0.2, 0) is 0 Å². The molecule has 0 bridgehead atoms. The Morgan fingerprint density at radius 1 is 1.38 bits per heavy atom. The van der Waals surface area contributed by atoms with Crippen molar-refractivity contribution in [3.05, 3.63) is 0 Å². The van der Waals surface area contributed by atoms with Crippen LogP contribution in [0.4, 0.5) is 8.78 Å². The molecule has 0 aromatic heterocycles. The van der Waals surface area contributed by atoms with Crippen molar-refractivity contribution in [1.29, 1.82) is 0 Å². The van der Waals surface area contributed by atoms with Gasteiger partial charge in [0.1, 0.15) is 0 Å². The average Bonchev–Trinajstić information content (AvgIpc) is 2.03. The molecule has 1 saturated carbocycles. The van der Waals surface area contributed by atoms with Gasteiger partial charge in [0, 0.05) is 12.8 Å². The molecular formula is C11H20F2. The van der Waals surface area contributed by atoms with Crippen molar-refractivity contribution in [2.45, 2.75) is 52.4 Å². The van der Waals surface area contributed by atoms with Gasteiger partial charge in [0.25, 0.3) is 0 Å². The Hall–Kier alpha value is -0.140. The Balaban J connectivity index is 2.63. The molecule has 1 rings (SSSR count). The van der Waals surface area contributed by atoms with E-state index in [9.17, 15) is 8.78 Å². The van der Waals surface area contributed by atoms with Crippen LogP contribution in [0.3, 0.4) is 0 Å². The zero-order valence-corrected chi connectivity index (χ0v) is 8.82. The van der Waals surface area contributed by atoms with Gasteiger partial charge in [0.05, 0.1) is 0 Å². The second-order valence-corrected chi connectivity index (χ2v) is 4.67. The summed E-state index contributed by atoms with van der Waals surface area (Å²) in [6.07, 6.45) is 1.99. The molecule has 2 atom stereocenters. The van der Waals surface area contributed by atoms with E-state index in [0.29, 0.717) is 18.3 Å². The van der Waals surface area contributed by atoms with Crippen molar-refractivity contribution in [1.82, 2.24) is 0 Å². The zero-order chi connectivity index (χ0) is 10.1. The summed E-state index contributed by atoms with van der Waals surface area (Å²) >= 11 is 0. The molecular weight excluding hydrogens is 170 g/mol. The molecule has 0 heterocycles. The van der Waals surface area contributed by atoms with E-state index >= 15 is 0 Å². The predicted molar refractivity (Wildman–Crippen MR) is 50.9 cm³/mol. The summed E-state index contributed by atoms with van der Waals surface area (Å²) in [6.45, 7) is 6.24. The number of hydrogen-bond acceptors (Lipinski definition) is 0. The smallest absolute Gasteiger partial charge is 0.207 e. The molecule has 0 saturated heterocycles. The molecule has 13 heavy (non-hydrogen) atoms. The molecule has 1 aliphatic carbocycles. The third-order valence-electron chi connectivity index (χ3n) is 3.40. The highest BCUT2D eigenvalue weighted by Gasteiger charge is 2.41. The van der Waals surface area contributed by atoms with E-state index in [0.717, 1.165) is 6.42 Å². The van der Waals surface area contributed by atoms with E-state index in [-0.39, 0.29) is 18.8 Å². The third-order valence-corrected chi connectivity index (χ3v) is 3.40. The first-order chi connectivity index (χ1) is 5.96. The molecule has 0 spiro atoms.